The summed E-state index contributed by atoms with van der Waals surface area (Å²) in [7, 11) is 4.22. The number of carbonyl (C=O) groups is 3. The lowest BCUT2D eigenvalue weighted by Gasteiger charge is -2.24. The molecule has 0 saturated carbocycles. The van der Waals surface area contributed by atoms with Crippen LogP contribution in [0, 0.1) is 11.6 Å². The van der Waals surface area contributed by atoms with Crippen LogP contribution in [0.4, 0.5) is 8.78 Å². The van der Waals surface area contributed by atoms with Gasteiger partial charge in [0.1, 0.15) is 24.0 Å². The number of hydrogen-bond acceptors (Lipinski definition) is 4. The van der Waals surface area contributed by atoms with Gasteiger partial charge in [0.25, 0.3) is 0 Å². The van der Waals surface area contributed by atoms with Crippen LogP contribution in [0.1, 0.15) is 49.8 Å². The third kappa shape index (κ3) is 11.3. The van der Waals surface area contributed by atoms with E-state index < -0.39 is 29.5 Å². The monoisotopic (exact) mass is 461 g/mol. The maximum absolute atomic E-state index is 12.8. The topological polar surface area (TPSA) is 92.5 Å². The van der Waals surface area contributed by atoms with Crippen molar-refractivity contribution in [2.24, 2.45) is 5.73 Å². The average molecular weight is 462 g/mol. The number of rotatable bonds is 11. The van der Waals surface area contributed by atoms with Gasteiger partial charge in [-0.25, -0.2) is 8.78 Å². The van der Waals surface area contributed by atoms with E-state index in [2.05, 4.69) is 48.6 Å². The minimum atomic E-state index is -0.819. The molecule has 3 N–H and O–H groups in total. The number of carbonyl (C=O) groups excluding carboxylic acids is 3. The molecule has 1 unspecified atom stereocenters. The zero-order valence-electron chi connectivity index (χ0n) is 19.4. The fraction of sp³-hybridized carbons (Fsp3) is 0.400. The van der Waals surface area contributed by atoms with Crippen molar-refractivity contribution >= 4 is 18.1 Å². The molecule has 0 bridgehead atoms. The van der Waals surface area contributed by atoms with Gasteiger partial charge in [0.05, 0.1) is 6.42 Å². The van der Waals surface area contributed by atoms with Gasteiger partial charge in [-0.15, -0.1) is 0 Å². The van der Waals surface area contributed by atoms with Gasteiger partial charge < -0.3 is 20.7 Å². The molecule has 2 aromatic carbocycles. The normalized spacial score (nSPS) is 12.3. The zero-order valence-corrected chi connectivity index (χ0v) is 19.4. The Labute approximate surface area is 194 Å². The second-order valence-corrected chi connectivity index (χ2v) is 7.99. The highest BCUT2D eigenvalue weighted by molar-refractivity contribution is 5.87. The number of amides is 2. The number of benzene rings is 2. The smallest absolute Gasteiger partial charge is 0.239 e. The SMILES string of the molecule is CC(NC(=O)Cc1cc(F)cc(F)c1)C(N)=O.CN(C)[C@@H](CCCCC=O)c1ccccc1. The molecule has 180 valence electrons. The van der Waals surface area contributed by atoms with Gasteiger partial charge in [0.15, 0.2) is 0 Å². The second-order valence-electron chi connectivity index (χ2n) is 7.99. The number of nitrogens with one attached hydrogen (secondary N) is 1. The third-order valence-electron chi connectivity index (χ3n) is 4.95. The summed E-state index contributed by atoms with van der Waals surface area (Å²) in [5.74, 6) is -2.71. The molecule has 33 heavy (non-hydrogen) atoms. The van der Waals surface area contributed by atoms with Crippen LogP contribution in [0.2, 0.25) is 0 Å². The van der Waals surface area contributed by atoms with Crippen molar-refractivity contribution in [3.05, 3.63) is 71.3 Å². The maximum atomic E-state index is 12.8. The van der Waals surface area contributed by atoms with E-state index in [0.29, 0.717) is 18.5 Å². The van der Waals surface area contributed by atoms with E-state index in [4.69, 9.17) is 5.73 Å². The molecule has 0 radical (unpaired) electrons. The van der Waals surface area contributed by atoms with Gasteiger partial charge in [-0.2, -0.15) is 0 Å². The molecule has 2 rings (SSSR count). The zero-order chi connectivity index (χ0) is 24.8. The van der Waals surface area contributed by atoms with E-state index in [1.54, 1.807) is 0 Å². The van der Waals surface area contributed by atoms with Crippen LogP contribution in [0.3, 0.4) is 0 Å². The third-order valence-corrected chi connectivity index (χ3v) is 4.95. The largest absolute Gasteiger partial charge is 0.368 e. The average Bonchev–Trinajstić information content (AvgIpc) is 2.73. The molecular weight excluding hydrogens is 428 g/mol. The fourth-order valence-corrected chi connectivity index (χ4v) is 3.23. The number of primary amides is 1. The van der Waals surface area contributed by atoms with E-state index >= 15 is 0 Å². The highest BCUT2D eigenvalue weighted by atomic mass is 19.1. The number of nitrogens with two attached hydrogens (primary N) is 1. The first-order valence-electron chi connectivity index (χ1n) is 10.8. The van der Waals surface area contributed by atoms with Crippen molar-refractivity contribution in [2.75, 3.05) is 14.1 Å². The molecule has 2 atom stereocenters. The molecule has 0 heterocycles. The lowest BCUT2D eigenvalue weighted by molar-refractivity contribution is -0.126. The molecule has 0 fully saturated rings. The van der Waals surface area contributed by atoms with Crippen LogP contribution in [0.15, 0.2) is 48.5 Å². The highest BCUT2D eigenvalue weighted by Crippen LogP contribution is 2.23. The molecule has 2 amide bonds. The van der Waals surface area contributed by atoms with Crippen molar-refractivity contribution in [3.63, 3.8) is 0 Å². The Hall–Kier alpha value is -3.13. The summed E-state index contributed by atoms with van der Waals surface area (Å²) < 4.78 is 25.6. The summed E-state index contributed by atoms with van der Waals surface area (Å²) >= 11 is 0. The standard InChI is InChI=1S/C14H21NO.C11H12F2N2O2/c1-15(2)14(11-7-4-8-12-16)13-9-5-3-6-10-13;1-6(11(14)17)15-10(16)4-7-2-8(12)5-9(13)3-7/h3,5-6,9-10,12,14H,4,7-8,11H2,1-2H3;2-3,5-6H,4H2,1H3,(H2,14,17)(H,15,16)/t14-;/m0./s1. The molecule has 0 aliphatic heterocycles. The number of aldehydes is 1. The van der Waals surface area contributed by atoms with Gasteiger partial charge in [-0.3, -0.25) is 9.59 Å². The van der Waals surface area contributed by atoms with Crippen LogP contribution in [0.5, 0.6) is 0 Å². The van der Waals surface area contributed by atoms with E-state index in [0.717, 1.165) is 37.7 Å². The molecule has 6 nitrogen and oxygen atoms in total. The molecule has 0 aliphatic carbocycles. The fourth-order valence-electron chi connectivity index (χ4n) is 3.23. The number of halogens is 2. The highest BCUT2D eigenvalue weighted by Gasteiger charge is 2.14. The van der Waals surface area contributed by atoms with Crippen molar-refractivity contribution in [1.82, 2.24) is 10.2 Å². The lowest BCUT2D eigenvalue weighted by atomic mass is 10.00. The van der Waals surface area contributed by atoms with Gasteiger partial charge in [0, 0.05) is 18.5 Å². The van der Waals surface area contributed by atoms with E-state index in [-0.39, 0.29) is 12.0 Å². The molecule has 0 saturated heterocycles. The van der Waals surface area contributed by atoms with Crippen LogP contribution in [-0.2, 0) is 20.8 Å². The van der Waals surface area contributed by atoms with Crippen LogP contribution in [-0.4, -0.2) is 43.1 Å². The predicted octanol–water partition coefficient (Wildman–Crippen LogP) is 3.55. The molecule has 0 aromatic heterocycles. The summed E-state index contributed by atoms with van der Waals surface area (Å²) in [5, 5.41) is 2.31. The maximum Gasteiger partial charge on any atom is 0.239 e. The first kappa shape index (κ1) is 27.9. The van der Waals surface area contributed by atoms with Gasteiger partial charge in [-0.1, -0.05) is 36.8 Å². The molecule has 0 spiro atoms. The van der Waals surface area contributed by atoms with E-state index in [1.165, 1.54) is 12.5 Å². The first-order valence-corrected chi connectivity index (χ1v) is 10.8. The van der Waals surface area contributed by atoms with Crippen molar-refractivity contribution in [3.8, 4) is 0 Å². The first-order chi connectivity index (χ1) is 15.6. The van der Waals surface area contributed by atoms with Gasteiger partial charge >= 0.3 is 0 Å². The summed E-state index contributed by atoms with van der Waals surface area (Å²) in [6.45, 7) is 1.42. The summed E-state index contributed by atoms with van der Waals surface area (Å²) in [6.07, 6.45) is 4.70. The summed E-state index contributed by atoms with van der Waals surface area (Å²) in [4.78, 5) is 34.6. The molecular formula is C25H33F2N3O3. The quantitative estimate of drug-likeness (QED) is 0.395. The second kappa shape index (κ2) is 14.8. The van der Waals surface area contributed by atoms with Crippen molar-refractivity contribution in [2.45, 2.75) is 51.1 Å². The Balaban J connectivity index is 0.000000331. The Kier molecular flexibility index (Phi) is 12.5. The van der Waals surface area contributed by atoms with Crippen LogP contribution in [0.25, 0.3) is 0 Å². The summed E-state index contributed by atoms with van der Waals surface area (Å²) in [6, 6.07) is 13.0. The molecule has 8 heteroatoms. The van der Waals surface area contributed by atoms with E-state index in [1.807, 2.05) is 6.07 Å². The van der Waals surface area contributed by atoms with Gasteiger partial charge in [0.2, 0.25) is 11.8 Å². The Morgan fingerprint density at radius 3 is 2.18 bits per heavy atom. The predicted molar refractivity (Wildman–Crippen MR) is 124 cm³/mol. The van der Waals surface area contributed by atoms with Gasteiger partial charge in [-0.05, 0) is 57.1 Å². The van der Waals surface area contributed by atoms with E-state index in [9.17, 15) is 23.2 Å². The van der Waals surface area contributed by atoms with Crippen molar-refractivity contribution in [1.29, 1.82) is 0 Å². The van der Waals surface area contributed by atoms with Crippen LogP contribution < -0.4 is 11.1 Å². The number of unbranched alkanes of at least 4 members (excludes halogenated alkanes) is 2. The minimum Gasteiger partial charge on any atom is -0.368 e. The Bertz CT molecular complexity index is 871. The van der Waals surface area contributed by atoms with Crippen LogP contribution >= 0.6 is 0 Å². The summed E-state index contributed by atoms with van der Waals surface area (Å²) in [5.41, 5.74) is 6.50. The number of hydrogen-bond donors (Lipinski definition) is 2. The Morgan fingerprint density at radius 1 is 1.06 bits per heavy atom. The molecule has 0 aliphatic rings. The Morgan fingerprint density at radius 2 is 1.67 bits per heavy atom. The lowest BCUT2D eigenvalue weighted by Crippen LogP contribution is -2.42. The minimum absolute atomic E-state index is 0.191. The van der Waals surface area contributed by atoms with Crippen molar-refractivity contribution < 1.29 is 23.2 Å². The number of nitrogens with zero attached hydrogens (tertiary/aromatic N) is 1. The molecule has 2 aromatic rings.